The smallest absolute Gasteiger partial charge is 0.136 e. The fraction of sp³-hybridized carbons (Fsp3) is 0.385. The molecule has 0 radical (unpaired) electrons. The minimum atomic E-state index is -0.535. The largest absolute Gasteiger partial charge is 0.300 e. The molecule has 0 heterocycles. The van der Waals surface area contributed by atoms with Gasteiger partial charge in [0, 0.05) is 12.8 Å². The summed E-state index contributed by atoms with van der Waals surface area (Å²) in [6, 6.07) is 8.27. The zero-order valence-electron chi connectivity index (χ0n) is 9.00. The lowest BCUT2D eigenvalue weighted by Crippen LogP contribution is -2.40. The van der Waals surface area contributed by atoms with Crippen molar-refractivity contribution in [1.82, 2.24) is 0 Å². The number of benzene rings is 1. The number of rotatable bonds is 1. The van der Waals surface area contributed by atoms with E-state index in [-0.39, 0.29) is 5.78 Å². The second kappa shape index (κ2) is 3.20. The van der Waals surface area contributed by atoms with E-state index in [1.54, 1.807) is 0 Å². The van der Waals surface area contributed by atoms with Crippen LogP contribution < -0.4 is 0 Å². The van der Waals surface area contributed by atoms with Crippen molar-refractivity contribution < 1.29 is 4.79 Å². The molecule has 2 heteroatoms. The second-order valence-electron chi connectivity index (χ2n) is 4.33. The minimum Gasteiger partial charge on any atom is -0.300 e. The lowest BCUT2D eigenvalue weighted by molar-refractivity contribution is -0.126. The third-order valence-corrected chi connectivity index (χ3v) is 3.33. The first-order chi connectivity index (χ1) is 7.09. The quantitative estimate of drug-likeness (QED) is 0.697. The molecule has 0 atom stereocenters. The van der Waals surface area contributed by atoms with Crippen molar-refractivity contribution in [1.29, 1.82) is 5.26 Å². The lowest BCUT2D eigenvalue weighted by Gasteiger charge is -2.35. The van der Waals surface area contributed by atoms with E-state index in [9.17, 15) is 10.1 Å². The summed E-state index contributed by atoms with van der Waals surface area (Å²) >= 11 is 0. The first-order valence-electron chi connectivity index (χ1n) is 5.09. The Morgan fingerprint density at radius 3 is 2.53 bits per heavy atom. The summed E-state index contributed by atoms with van der Waals surface area (Å²) in [5, 5.41) is 9.22. The summed E-state index contributed by atoms with van der Waals surface area (Å²) in [6.07, 6.45) is 0.765. The molecule has 1 aliphatic carbocycles. The molecule has 1 fully saturated rings. The van der Waals surface area contributed by atoms with Crippen LogP contribution in [0.3, 0.4) is 0 Å². The molecule has 0 unspecified atom stereocenters. The predicted molar refractivity (Wildman–Crippen MR) is 57.4 cm³/mol. The molecule has 1 aromatic carbocycles. The Balaban J connectivity index is 2.50. The van der Waals surface area contributed by atoms with E-state index < -0.39 is 5.41 Å². The Morgan fingerprint density at radius 2 is 2.00 bits per heavy atom. The Labute approximate surface area is 89.5 Å². The monoisotopic (exact) mass is 199 g/mol. The van der Waals surface area contributed by atoms with Crippen LogP contribution >= 0.6 is 0 Å². The molecule has 0 amide bonds. The van der Waals surface area contributed by atoms with Crippen molar-refractivity contribution in [2.45, 2.75) is 32.1 Å². The van der Waals surface area contributed by atoms with Crippen LogP contribution in [0.25, 0.3) is 0 Å². The first-order valence-corrected chi connectivity index (χ1v) is 5.09. The number of carbonyl (C=O) groups excluding carboxylic acids is 1. The highest BCUT2D eigenvalue weighted by molar-refractivity contribution is 5.90. The molecule has 0 bridgehead atoms. The summed E-state index contributed by atoms with van der Waals surface area (Å²) in [6.45, 7) is 4.05. The van der Waals surface area contributed by atoms with Gasteiger partial charge in [0.1, 0.15) is 5.78 Å². The van der Waals surface area contributed by atoms with Crippen LogP contribution in [0.5, 0.6) is 0 Å². The van der Waals surface area contributed by atoms with Crippen molar-refractivity contribution in [3.63, 3.8) is 0 Å². The second-order valence-corrected chi connectivity index (χ2v) is 4.33. The zero-order chi connectivity index (χ0) is 11.1. The van der Waals surface area contributed by atoms with Gasteiger partial charge in [-0.15, -0.1) is 0 Å². The fourth-order valence-corrected chi connectivity index (χ4v) is 2.22. The number of hydrogen-bond acceptors (Lipinski definition) is 2. The molecule has 1 aromatic rings. The van der Waals surface area contributed by atoms with Gasteiger partial charge < -0.3 is 0 Å². The van der Waals surface area contributed by atoms with E-state index in [1.165, 1.54) is 5.56 Å². The summed E-state index contributed by atoms with van der Waals surface area (Å²) in [7, 11) is 0. The van der Waals surface area contributed by atoms with E-state index in [4.69, 9.17) is 0 Å². The highest BCUT2D eigenvalue weighted by atomic mass is 16.1. The van der Waals surface area contributed by atoms with Crippen LogP contribution in [-0.2, 0) is 10.2 Å². The number of Topliss-reactive ketones (excluding diaryl/α,β-unsaturated/α-hetero) is 1. The molecule has 15 heavy (non-hydrogen) atoms. The minimum absolute atomic E-state index is 0.192. The van der Waals surface area contributed by atoms with Gasteiger partial charge in [0.15, 0.2) is 0 Å². The van der Waals surface area contributed by atoms with E-state index in [0.29, 0.717) is 12.8 Å². The summed E-state index contributed by atoms with van der Waals surface area (Å²) in [4.78, 5) is 11.1. The van der Waals surface area contributed by atoms with Crippen molar-refractivity contribution in [2.24, 2.45) is 0 Å². The normalized spacial score (nSPS) is 18.1. The van der Waals surface area contributed by atoms with Crippen molar-refractivity contribution in [2.75, 3.05) is 0 Å². The number of carbonyl (C=O) groups is 1. The summed E-state index contributed by atoms with van der Waals surface area (Å²) < 4.78 is 0. The van der Waals surface area contributed by atoms with Crippen molar-refractivity contribution in [3.05, 3.63) is 34.9 Å². The number of hydrogen-bond donors (Lipinski definition) is 0. The Hall–Kier alpha value is -1.62. The molecule has 2 nitrogen and oxygen atoms in total. The van der Waals surface area contributed by atoms with Gasteiger partial charge in [0.2, 0.25) is 0 Å². The number of ketones is 1. The SMILES string of the molecule is Cc1cccc(C2(C#N)CC(=O)C2)c1C. The molecule has 0 N–H and O–H groups in total. The van der Waals surface area contributed by atoms with E-state index in [2.05, 4.69) is 6.07 Å². The van der Waals surface area contributed by atoms with Gasteiger partial charge in [-0.05, 0) is 30.5 Å². The van der Waals surface area contributed by atoms with E-state index in [0.717, 1.165) is 11.1 Å². The number of aryl methyl sites for hydroxylation is 1. The lowest BCUT2D eigenvalue weighted by atomic mass is 9.63. The predicted octanol–water partition coefficient (Wildman–Crippen LogP) is 2.43. The Kier molecular flexibility index (Phi) is 2.12. The van der Waals surface area contributed by atoms with Crippen LogP contribution in [-0.4, -0.2) is 5.78 Å². The van der Waals surface area contributed by atoms with Gasteiger partial charge >= 0.3 is 0 Å². The summed E-state index contributed by atoms with van der Waals surface area (Å²) in [5.74, 6) is 0.192. The Morgan fingerprint density at radius 1 is 1.33 bits per heavy atom. The molecular weight excluding hydrogens is 186 g/mol. The molecule has 1 saturated carbocycles. The average Bonchev–Trinajstić information content (AvgIpc) is 2.17. The van der Waals surface area contributed by atoms with Gasteiger partial charge in [-0.3, -0.25) is 4.79 Å². The molecule has 1 aliphatic rings. The number of nitrogens with zero attached hydrogens (tertiary/aromatic N) is 1. The maximum atomic E-state index is 11.1. The molecule has 76 valence electrons. The van der Waals surface area contributed by atoms with Gasteiger partial charge in [0.25, 0.3) is 0 Å². The summed E-state index contributed by atoms with van der Waals surface area (Å²) in [5.41, 5.74) is 2.82. The van der Waals surface area contributed by atoms with Gasteiger partial charge in [0.05, 0.1) is 11.5 Å². The fourth-order valence-electron chi connectivity index (χ4n) is 2.22. The van der Waals surface area contributed by atoms with Crippen LogP contribution in [0.1, 0.15) is 29.5 Å². The molecule has 0 aromatic heterocycles. The van der Waals surface area contributed by atoms with Crippen LogP contribution in [0.4, 0.5) is 0 Å². The van der Waals surface area contributed by atoms with Gasteiger partial charge in [-0.2, -0.15) is 5.26 Å². The van der Waals surface area contributed by atoms with Gasteiger partial charge in [-0.25, -0.2) is 0 Å². The Bertz CT molecular complexity index is 460. The molecule has 0 saturated heterocycles. The van der Waals surface area contributed by atoms with Crippen LogP contribution in [0, 0.1) is 25.2 Å². The highest BCUT2D eigenvalue weighted by Crippen LogP contribution is 2.42. The number of nitriles is 1. The average molecular weight is 199 g/mol. The molecular formula is C13H13NO. The third-order valence-electron chi connectivity index (χ3n) is 3.33. The molecule has 0 aliphatic heterocycles. The standard InChI is InChI=1S/C13H13NO/c1-9-4-3-5-12(10(9)2)13(8-14)6-11(15)7-13/h3-5H,6-7H2,1-2H3. The first kappa shape index (κ1) is 9.92. The maximum absolute atomic E-state index is 11.1. The maximum Gasteiger partial charge on any atom is 0.136 e. The third kappa shape index (κ3) is 1.35. The van der Waals surface area contributed by atoms with E-state index >= 15 is 0 Å². The van der Waals surface area contributed by atoms with Crippen LogP contribution in [0.2, 0.25) is 0 Å². The topological polar surface area (TPSA) is 40.9 Å². The van der Waals surface area contributed by atoms with Crippen LogP contribution in [0.15, 0.2) is 18.2 Å². The zero-order valence-corrected chi connectivity index (χ0v) is 9.00. The molecule has 2 rings (SSSR count). The van der Waals surface area contributed by atoms with E-state index in [1.807, 2.05) is 32.0 Å². The molecule has 0 spiro atoms. The van der Waals surface area contributed by atoms with Crippen molar-refractivity contribution in [3.8, 4) is 6.07 Å². The highest BCUT2D eigenvalue weighted by Gasteiger charge is 2.46. The van der Waals surface area contributed by atoms with Gasteiger partial charge in [-0.1, -0.05) is 18.2 Å². The van der Waals surface area contributed by atoms with Crippen molar-refractivity contribution >= 4 is 5.78 Å².